The fraction of sp³-hybridized carbons (Fsp3) is 0.450. The highest BCUT2D eigenvalue weighted by molar-refractivity contribution is 14.0. The van der Waals surface area contributed by atoms with E-state index in [0.29, 0.717) is 0 Å². The number of benzene rings is 1. The molecule has 0 saturated carbocycles. The molecule has 1 aliphatic heterocycles. The van der Waals surface area contributed by atoms with Crippen molar-refractivity contribution < 1.29 is 0 Å². The number of nitrogens with one attached hydrogen (secondary N) is 1. The van der Waals surface area contributed by atoms with Crippen LogP contribution < -0.4 is 10.2 Å². The third-order valence-corrected chi connectivity index (χ3v) is 5.38. The van der Waals surface area contributed by atoms with Crippen LogP contribution in [0.5, 0.6) is 0 Å². The van der Waals surface area contributed by atoms with Crippen LogP contribution in [-0.2, 0) is 0 Å². The molecule has 0 unspecified atom stereocenters. The maximum Gasteiger partial charge on any atom is 0.225 e. The summed E-state index contributed by atoms with van der Waals surface area (Å²) >= 11 is 1.86. The molecule has 1 fully saturated rings. The van der Waals surface area contributed by atoms with Crippen molar-refractivity contribution >= 4 is 47.6 Å². The van der Waals surface area contributed by atoms with Crippen molar-refractivity contribution in [3.05, 3.63) is 48.3 Å². The van der Waals surface area contributed by atoms with Gasteiger partial charge in [-0.25, -0.2) is 9.97 Å². The van der Waals surface area contributed by atoms with Gasteiger partial charge in [-0.1, -0.05) is 17.7 Å². The van der Waals surface area contributed by atoms with Gasteiger partial charge >= 0.3 is 0 Å². The standard InChI is InChI=1S/C20H28N6S.HI/c1-3-21-19(24-11-16-27-18-7-5-17(2)6-8-18)25-12-14-26(15-13-25)20-22-9-4-10-23-20;/h4-10H,3,11-16H2,1-2H3,(H,21,24);1H. The summed E-state index contributed by atoms with van der Waals surface area (Å²) in [6.45, 7) is 9.59. The van der Waals surface area contributed by atoms with E-state index < -0.39 is 0 Å². The number of piperazine rings is 1. The van der Waals surface area contributed by atoms with E-state index in [0.717, 1.165) is 56.9 Å². The second kappa shape index (κ2) is 12.1. The van der Waals surface area contributed by atoms with Gasteiger partial charge in [0.1, 0.15) is 0 Å². The van der Waals surface area contributed by atoms with Crippen molar-refractivity contribution in [3.8, 4) is 0 Å². The molecule has 8 heteroatoms. The lowest BCUT2D eigenvalue weighted by Crippen LogP contribution is -2.53. The topological polar surface area (TPSA) is 56.7 Å². The molecule has 1 aliphatic rings. The average Bonchev–Trinajstić information content (AvgIpc) is 2.72. The number of nitrogens with zero attached hydrogens (tertiary/aromatic N) is 5. The van der Waals surface area contributed by atoms with E-state index in [1.54, 1.807) is 12.4 Å². The van der Waals surface area contributed by atoms with E-state index >= 15 is 0 Å². The number of aromatic nitrogens is 2. The third kappa shape index (κ3) is 6.80. The smallest absolute Gasteiger partial charge is 0.225 e. The number of hydrogen-bond donors (Lipinski definition) is 1. The number of hydrogen-bond acceptors (Lipinski definition) is 5. The second-order valence-electron chi connectivity index (χ2n) is 6.42. The van der Waals surface area contributed by atoms with Crippen LogP contribution in [0.1, 0.15) is 12.5 Å². The highest BCUT2D eigenvalue weighted by Gasteiger charge is 2.20. The molecule has 2 aromatic rings. The van der Waals surface area contributed by atoms with Crippen molar-refractivity contribution in [2.24, 2.45) is 4.99 Å². The SMILES string of the molecule is CCNC(=NCCSc1ccc(C)cc1)N1CCN(c2ncccn2)CC1.I. The molecule has 0 amide bonds. The number of aryl methyl sites for hydroxylation is 1. The molecular weight excluding hydrogens is 483 g/mol. The van der Waals surface area contributed by atoms with Gasteiger partial charge in [-0.2, -0.15) is 0 Å². The fourth-order valence-electron chi connectivity index (χ4n) is 2.95. The van der Waals surface area contributed by atoms with Gasteiger partial charge in [0, 0.05) is 55.8 Å². The quantitative estimate of drug-likeness (QED) is 0.211. The van der Waals surface area contributed by atoms with Crippen molar-refractivity contribution in [2.75, 3.05) is 49.9 Å². The predicted molar refractivity (Wildman–Crippen MR) is 129 cm³/mol. The lowest BCUT2D eigenvalue weighted by atomic mass is 10.2. The van der Waals surface area contributed by atoms with Crippen molar-refractivity contribution in [3.63, 3.8) is 0 Å². The van der Waals surface area contributed by atoms with Crippen molar-refractivity contribution in [1.82, 2.24) is 20.2 Å². The van der Waals surface area contributed by atoms with Gasteiger partial charge in [0.2, 0.25) is 5.95 Å². The van der Waals surface area contributed by atoms with Crippen LogP contribution in [0.4, 0.5) is 5.95 Å². The third-order valence-electron chi connectivity index (χ3n) is 4.39. The number of guanidine groups is 1. The zero-order chi connectivity index (χ0) is 18.9. The van der Waals surface area contributed by atoms with E-state index in [-0.39, 0.29) is 24.0 Å². The number of anilines is 1. The molecule has 1 aromatic carbocycles. The predicted octanol–water partition coefficient (Wildman–Crippen LogP) is 3.28. The van der Waals surface area contributed by atoms with E-state index in [1.165, 1.54) is 10.5 Å². The molecule has 3 rings (SSSR count). The lowest BCUT2D eigenvalue weighted by molar-refractivity contribution is 0.370. The minimum atomic E-state index is 0. The van der Waals surface area contributed by atoms with Crippen LogP contribution in [0.25, 0.3) is 0 Å². The molecule has 0 aliphatic carbocycles. The van der Waals surface area contributed by atoms with Crippen molar-refractivity contribution in [2.45, 2.75) is 18.7 Å². The monoisotopic (exact) mass is 512 g/mol. The molecule has 28 heavy (non-hydrogen) atoms. The summed E-state index contributed by atoms with van der Waals surface area (Å²) in [7, 11) is 0. The summed E-state index contributed by atoms with van der Waals surface area (Å²) in [5.74, 6) is 2.81. The van der Waals surface area contributed by atoms with Crippen LogP contribution in [0, 0.1) is 6.92 Å². The number of aliphatic imine (C=N–C) groups is 1. The molecule has 0 spiro atoms. The van der Waals surface area contributed by atoms with Crippen LogP contribution in [-0.4, -0.2) is 65.8 Å². The fourth-order valence-corrected chi connectivity index (χ4v) is 3.69. The normalized spacial score (nSPS) is 14.6. The van der Waals surface area contributed by atoms with Gasteiger partial charge in [-0.15, -0.1) is 35.7 Å². The second-order valence-corrected chi connectivity index (χ2v) is 7.59. The molecule has 2 heterocycles. The van der Waals surface area contributed by atoms with E-state index in [1.807, 2.05) is 17.8 Å². The first kappa shape index (κ1) is 22.7. The van der Waals surface area contributed by atoms with E-state index in [9.17, 15) is 0 Å². The number of halogens is 1. The molecule has 6 nitrogen and oxygen atoms in total. The van der Waals surface area contributed by atoms with Crippen LogP contribution >= 0.6 is 35.7 Å². The van der Waals surface area contributed by atoms with E-state index in [2.05, 4.69) is 63.2 Å². The molecular formula is C20H29IN6S. The minimum absolute atomic E-state index is 0. The highest BCUT2D eigenvalue weighted by Crippen LogP contribution is 2.18. The highest BCUT2D eigenvalue weighted by atomic mass is 127. The Labute approximate surface area is 189 Å². The maximum absolute atomic E-state index is 4.83. The number of rotatable bonds is 6. The largest absolute Gasteiger partial charge is 0.357 e. The first-order valence-electron chi connectivity index (χ1n) is 9.51. The average molecular weight is 512 g/mol. The molecule has 1 N–H and O–H groups in total. The summed E-state index contributed by atoms with van der Waals surface area (Å²) in [6, 6.07) is 10.5. The Morgan fingerprint density at radius 1 is 1.11 bits per heavy atom. The summed E-state index contributed by atoms with van der Waals surface area (Å²) in [5, 5.41) is 3.43. The van der Waals surface area contributed by atoms with Gasteiger partial charge in [-0.3, -0.25) is 4.99 Å². The first-order valence-corrected chi connectivity index (χ1v) is 10.5. The lowest BCUT2D eigenvalue weighted by Gasteiger charge is -2.36. The van der Waals surface area contributed by atoms with Gasteiger partial charge in [0.25, 0.3) is 0 Å². The van der Waals surface area contributed by atoms with Crippen LogP contribution in [0.3, 0.4) is 0 Å². The Bertz CT molecular complexity index is 717. The molecule has 0 radical (unpaired) electrons. The Kier molecular flexibility index (Phi) is 9.83. The zero-order valence-electron chi connectivity index (χ0n) is 16.5. The molecule has 1 saturated heterocycles. The Hall–Kier alpha value is -1.55. The van der Waals surface area contributed by atoms with Gasteiger partial charge in [0.15, 0.2) is 5.96 Å². The minimum Gasteiger partial charge on any atom is -0.357 e. The van der Waals surface area contributed by atoms with Crippen LogP contribution in [0.2, 0.25) is 0 Å². The molecule has 1 aromatic heterocycles. The van der Waals surface area contributed by atoms with Gasteiger partial charge in [-0.05, 0) is 32.0 Å². The van der Waals surface area contributed by atoms with Gasteiger partial charge in [0.05, 0.1) is 6.54 Å². The zero-order valence-corrected chi connectivity index (χ0v) is 19.7. The Morgan fingerprint density at radius 2 is 1.79 bits per heavy atom. The molecule has 0 bridgehead atoms. The van der Waals surface area contributed by atoms with Gasteiger partial charge < -0.3 is 15.1 Å². The molecule has 152 valence electrons. The summed E-state index contributed by atoms with van der Waals surface area (Å²) in [4.78, 5) is 19.4. The van der Waals surface area contributed by atoms with Crippen LogP contribution in [0.15, 0.2) is 52.6 Å². The Morgan fingerprint density at radius 3 is 2.43 bits per heavy atom. The Balaban J connectivity index is 0.00000280. The number of thioether (sulfide) groups is 1. The first-order chi connectivity index (χ1) is 13.3. The molecule has 0 atom stereocenters. The van der Waals surface area contributed by atoms with Crippen molar-refractivity contribution in [1.29, 1.82) is 0 Å². The van der Waals surface area contributed by atoms with E-state index in [4.69, 9.17) is 4.99 Å². The summed E-state index contributed by atoms with van der Waals surface area (Å²) in [6.07, 6.45) is 3.60. The summed E-state index contributed by atoms with van der Waals surface area (Å²) in [5.41, 5.74) is 1.30. The summed E-state index contributed by atoms with van der Waals surface area (Å²) < 4.78 is 0. The maximum atomic E-state index is 4.83.